The Bertz CT molecular complexity index is 1020. The molecule has 2 aromatic heterocycles. The Morgan fingerprint density at radius 1 is 1.14 bits per heavy atom. The van der Waals surface area contributed by atoms with Crippen molar-refractivity contribution in [3.05, 3.63) is 24.4 Å². The summed E-state index contributed by atoms with van der Waals surface area (Å²) >= 11 is 1.27. The predicted molar refractivity (Wildman–Crippen MR) is 109 cm³/mol. The highest BCUT2D eigenvalue weighted by Crippen LogP contribution is 2.30. The number of aryl methyl sites for hydroxylation is 1. The number of nitrogens with one attached hydrogen (secondary N) is 1. The number of benzene rings is 1. The smallest absolute Gasteiger partial charge is 0.243 e. The number of aromatic nitrogens is 5. The Labute approximate surface area is 172 Å². The molecular weight excluding hydrogens is 396 g/mol. The van der Waals surface area contributed by atoms with Crippen LogP contribution in [0.2, 0.25) is 0 Å². The lowest BCUT2D eigenvalue weighted by Crippen LogP contribution is -2.15. The summed E-state index contributed by atoms with van der Waals surface area (Å²) in [4.78, 5) is 12.4. The number of hydrogen-bond acceptors (Lipinski definition) is 8. The van der Waals surface area contributed by atoms with Gasteiger partial charge in [-0.3, -0.25) is 9.48 Å². The van der Waals surface area contributed by atoms with Gasteiger partial charge in [0.15, 0.2) is 11.0 Å². The molecule has 2 heterocycles. The molecule has 10 nitrogen and oxygen atoms in total. The molecule has 29 heavy (non-hydrogen) atoms. The van der Waals surface area contributed by atoms with Gasteiger partial charge in [-0.1, -0.05) is 11.8 Å². The van der Waals surface area contributed by atoms with E-state index in [2.05, 4.69) is 20.6 Å². The number of amides is 1. The minimum atomic E-state index is -0.204. The van der Waals surface area contributed by atoms with Crippen molar-refractivity contribution in [3.8, 4) is 28.8 Å². The summed E-state index contributed by atoms with van der Waals surface area (Å²) in [5.74, 6) is 2.18. The van der Waals surface area contributed by atoms with Gasteiger partial charge in [0.05, 0.1) is 32.8 Å². The van der Waals surface area contributed by atoms with E-state index in [0.717, 1.165) is 5.56 Å². The highest BCUT2D eigenvalue weighted by atomic mass is 32.2. The number of carbonyl (C=O) groups is 1. The van der Waals surface area contributed by atoms with E-state index in [1.165, 1.54) is 11.8 Å². The lowest BCUT2D eigenvalue weighted by Gasteiger charge is -2.11. The molecule has 0 bridgehead atoms. The number of anilines is 1. The fraction of sp³-hybridized carbons (Fsp3) is 0.333. The van der Waals surface area contributed by atoms with Gasteiger partial charge >= 0.3 is 0 Å². The molecule has 3 aromatic rings. The molecule has 1 aromatic carbocycles. The van der Waals surface area contributed by atoms with E-state index in [1.807, 2.05) is 7.05 Å². The maximum absolute atomic E-state index is 12.4. The molecule has 0 fully saturated rings. The van der Waals surface area contributed by atoms with E-state index in [1.54, 1.807) is 62.0 Å². The van der Waals surface area contributed by atoms with E-state index in [-0.39, 0.29) is 11.7 Å². The van der Waals surface area contributed by atoms with Crippen LogP contribution in [0.5, 0.6) is 17.4 Å². The Morgan fingerprint density at radius 3 is 2.62 bits per heavy atom. The molecule has 0 aliphatic carbocycles. The van der Waals surface area contributed by atoms with Gasteiger partial charge in [0.1, 0.15) is 17.1 Å². The summed E-state index contributed by atoms with van der Waals surface area (Å²) in [6, 6.07) is 5.20. The number of hydrogen-bond donors (Lipinski definition) is 1. The molecule has 0 aliphatic heterocycles. The van der Waals surface area contributed by atoms with Crippen molar-refractivity contribution < 1.29 is 19.0 Å². The third-order valence-corrected chi connectivity index (χ3v) is 5.10. The first-order valence-corrected chi connectivity index (χ1v) is 9.57. The van der Waals surface area contributed by atoms with E-state index < -0.39 is 0 Å². The minimum Gasteiger partial charge on any atom is -0.497 e. The molecule has 0 atom stereocenters. The number of nitrogens with zero attached hydrogens (tertiary/aromatic N) is 5. The van der Waals surface area contributed by atoms with Crippen LogP contribution in [0.4, 0.5) is 5.69 Å². The molecule has 0 saturated carbocycles. The minimum absolute atomic E-state index is 0.149. The fourth-order valence-electron chi connectivity index (χ4n) is 2.68. The highest BCUT2D eigenvalue weighted by molar-refractivity contribution is 7.99. The van der Waals surface area contributed by atoms with Crippen LogP contribution in [-0.4, -0.2) is 57.5 Å². The molecule has 0 saturated heterocycles. The summed E-state index contributed by atoms with van der Waals surface area (Å²) in [5, 5.41) is 16.0. The van der Waals surface area contributed by atoms with Crippen LogP contribution in [0.25, 0.3) is 11.4 Å². The molecule has 0 radical (unpaired) electrons. The average molecular weight is 418 g/mol. The van der Waals surface area contributed by atoms with Crippen LogP contribution in [0.3, 0.4) is 0 Å². The molecule has 0 aliphatic rings. The van der Waals surface area contributed by atoms with Gasteiger partial charge in [-0.2, -0.15) is 0 Å². The molecule has 1 amide bonds. The first kappa shape index (κ1) is 20.5. The third kappa shape index (κ3) is 4.45. The lowest BCUT2D eigenvalue weighted by molar-refractivity contribution is -0.113. The van der Waals surface area contributed by atoms with Gasteiger partial charge in [-0.15, -0.1) is 15.3 Å². The number of ether oxygens (including phenoxy) is 3. The van der Waals surface area contributed by atoms with E-state index in [4.69, 9.17) is 14.2 Å². The van der Waals surface area contributed by atoms with Crippen molar-refractivity contribution in [2.24, 2.45) is 14.1 Å². The van der Waals surface area contributed by atoms with Crippen LogP contribution >= 0.6 is 11.8 Å². The second kappa shape index (κ2) is 8.86. The average Bonchev–Trinajstić information content (AvgIpc) is 3.27. The molecule has 154 valence electrons. The third-order valence-electron chi connectivity index (χ3n) is 4.08. The van der Waals surface area contributed by atoms with Gasteiger partial charge in [0, 0.05) is 26.4 Å². The Kier molecular flexibility index (Phi) is 6.27. The van der Waals surface area contributed by atoms with E-state index in [0.29, 0.717) is 34.0 Å². The molecule has 0 unspecified atom stereocenters. The monoisotopic (exact) mass is 418 g/mol. The van der Waals surface area contributed by atoms with Crippen molar-refractivity contribution >= 4 is 23.4 Å². The normalized spacial score (nSPS) is 10.7. The standard InChI is InChI=1S/C18H22N6O4S/c1-23-9-12(17(22-23)28-5)16-20-21-18(24(16)2)29-10-15(25)19-13-8-11(26-3)6-7-14(13)27-4/h6-9H,10H2,1-5H3,(H,19,25). The van der Waals surface area contributed by atoms with Crippen LogP contribution in [0.15, 0.2) is 29.6 Å². The van der Waals surface area contributed by atoms with Crippen molar-refractivity contribution in [2.75, 3.05) is 32.4 Å². The number of rotatable bonds is 8. The van der Waals surface area contributed by atoms with Crippen molar-refractivity contribution in [1.82, 2.24) is 24.5 Å². The molecule has 3 rings (SSSR count). The maximum Gasteiger partial charge on any atom is 0.243 e. The zero-order valence-electron chi connectivity index (χ0n) is 16.8. The zero-order valence-corrected chi connectivity index (χ0v) is 17.6. The lowest BCUT2D eigenvalue weighted by atomic mass is 10.2. The number of thioether (sulfide) groups is 1. The van der Waals surface area contributed by atoms with Gasteiger partial charge < -0.3 is 24.1 Å². The fourth-order valence-corrected chi connectivity index (χ4v) is 3.39. The second-order valence-electron chi connectivity index (χ2n) is 5.99. The van der Waals surface area contributed by atoms with Gasteiger partial charge in [-0.05, 0) is 12.1 Å². The Hall–Kier alpha value is -3.21. The molecule has 0 spiro atoms. The Morgan fingerprint density at radius 2 is 1.93 bits per heavy atom. The van der Waals surface area contributed by atoms with E-state index >= 15 is 0 Å². The zero-order chi connectivity index (χ0) is 21.0. The van der Waals surface area contributed by atoms with Crippen LogP contribution in [0.1, 0.15) is 0 Å². The molecule has 11 heteroatoms. The summed E-state index contributed by atoms with van der Waals surface area (Å²) in [6.45, 7) is 0. The van der Waals surface area contributed by atoms with Gasteiger partial charge in [-0.25, -0.2) is 0 Å². The van der Waals surface area contributed by atoms with E-state index in [9.17, 15) is 4.79 Å². The van der Waals surface area contributed by atoms with Gasteiger partial charge in [0.2, 0.25) is 11.8 Å². The van der Waals surface area contributed by atoms with Crippen molar-refractivity contribution in [2.45, 2.75) is 5.16 Å². The quantitative estimate of drug-likeness (QED) is 0.554. The summed E-state index contributed by atoms with van der Waals surface area (Å²) in [5.41, 5.74) is 1.26. The Balaban J connectivity index is 1.69. The largest absolute Gasteiger partial charge is 0.497 e. The highest BCUT2D eigenvalue weighted by Gasteiger charge is 2.19. The van der Waals surface area contributed by atoms with Crippen LogP contribution in [0, 0.1) is 0 Å². The first-order chi connectivity index (χ1) is 14.0. The summed E-state index contributed by atoms with van der Waals surface area (Å²) < 4.78 is 19.2. The van der Waals surface area contributed by atoms with Crippen LogP contribution in [-0.2, 0) is 18.9 Å². The SMILES string of the molecule is COc1ccc(OC)c(NC(=O)CSc2nnc(-c3cn(C)nc3OC)n2C)c1. The molecule has 1 N–H and O–H groups in total. The first-order valence-electron chi connectivity index (χ1n) is 8.58. The maximum atomic E-state index is 12.4. The van der Waals surface area contributed by atoms with Crippen molar-refractivity contribution in [1.29, 1.82) is 0 Å². The van der Waals surface area contributed by atoms with Gasteiger partial charge in [0.25, 0.3) is 0 Å². The van der Waals surface area contributed by atoms with Crippen molar-refractivity contribution in [3.63, 3.8) is 0 Å². The second-order valence-corrected chi connectivity index (χ2v) is 6.94. The summed E-state index contributed by atoms with van der Waals surface area (Å²) in [7, 11) is 8.28. The number of methoxy groups -OCH3 is 3. The summed E-state index contributed by atoms with van der Waals surface area (Å²) in [6.07, 6.45) is 1.80. The predicted octanol–water partition coefficient (Wildman–Crippen LogP) is 1.97. The topological polar surface area (TPSA) is 105 Å². The van der Waals surface area contributed by atoms with Crippen LogP contribution < -0.4 is 19.5 Å². The molecular formula is C18H22N6O4S. The number of carbonyl (C=O) groups excluding carboxylic acids is 1.